The van der Waals surface area contributed by atoms with Crippen molar-refractivity contribution in [2.45, 2.75) is 0 Å². The predicted octanol–water partition coefficient (Wildman–Crippen LogP) is 4.21. The lowest BCUT2D eigenvalue weighted by Crippen LogP contribution is -2.48. The SMILES string of the molecule is O=C(Nc1ccc(N2CCN(C(=O)/C=C/c3ccccc3)CC2)cc1)c1ccccc1[N+](=O)[O-]. The second kappa shape index (κ2) is 10.4. The summed E-state index contributed by atoms with van der Waals surface area (Å²) in [5.41, 5.74) is 2.30. The molecule has 1 saturated heterocycles. The Bertz CT molecular complexity index is 1200. The number of hydrogen-bond acceptors (Lipinski definition) is 5. The number of nitrogens with zero attached hydrogens (tertiary/aromatic N) is 3. The van der Waals surface area contributed by atoms with Gasteiger partial charge in [0, 0.05) is 49.7 Å². The zero-order valence-electron chi connectivity index (χ0n) is 18.5. The van der Waals surface area contributed by atoms with Crippen molar-refractivity contribution in [3.8, 4) is 0 Å². The average molecular weight is 457 g/mol. The third-order valence-corrected chi connectivity index (χ3v) is 5.64. The van der Waals surface area contributed by atoms with E-state index in [1.807, 2.05) is 53.4 Å². The third kappa shape index (κ3) is 5.47. The number of carbonyl (C=O) groups is 2. The lowest BCUT2D eigenvalue weighted by Gasteiger charge is -2.35. The fourth-order valence-corrected chi connectivity index (χ4v) is 3.80. The molecule has 0 saturated carbocycles. The molecule has 0 aliphatic carbocycles. The molecular weight excluding hydrogens is 432 g/mol. The highest BCUT2D eigenvalue weighted by Crippen LogP contribution is 2.22. The number of nitro benzene ring substituents is 1. The van der Waals surface area contributed by atoms with Crippen molar-refractivity contribution in [3.05, 3.63) is 106 Å². The number of piperazine rings is 1. The lowest BCUT2D eigenvalue weighted by molar-refractivity contribution is -0.385. The first-order valence-electron chi connectivity index (χ1n) is 10.9. The van der Waals surface area contributed by atoms with Crippen molar-refractivity contribution >= 4 is 35.0 Å². The molecule has 1 aliphatic rings. The van der Waals surface area contributed by atoms with E-state index < -0.39 is 10.8 Å². The van der Waals surface area contributed by atoms with Crippen molar-refractivity contribution in [1.29, 1.82) is 0 Å². The zero-order valence-corrected chi connectivity index (χ0v) is 18.5. The molecule has 8 nitrogen and oxygen atoms in total. The van der Waals surface area contributed by atoms with E-state index in [9.17, 15) is 19.7 Å². The molecule has 172 valence electrons. The summed E-state index contributed by atoms with van der Waals surface area (Å²) in [6.07, 6.45) is 3.44. The summed E-state index contributed by atoms with van der Waals surface area (Å²) in [6, 6.07) is 22.9. The normalized spacial score (nSPS) is 13.6. The van der Waals surface area contributed by atoms with Gasteiger partial charge in [-0.15, -0.1) is 0 Å². The van der Waals surface area contributed by atoms with Crippen LogP contribution >= 0.6 is 0 Å². The molecular formula is C26H24N4O4. The van der Waals surface area contributed by atoms with Gasteiger partial charge in [0.15, 0.2) is 0 Å². The maximum absolute atomic E-state index is 12.5. The lowest BCUT2D eigenvalue weighted by atomic mass is 10.1. The Hall–Kier alpha value is -4.46. The topological polar surface area (TPSA) is 95.8 Å². The van der Waals surface area contributed by atoms with Gasteiger partial charge in [-0.05, 0) is 42.0 Å². The molecule has 8 heteroatoms. The van der Waals surface area contributed by atoms with E-state index in [2.05, 4.69) is 10.2 Å². The van der Waals surface area contributed by atoms with Crippen molar-refractivity contribution in [1.82, 2.24) is 4.90 Å². The molecule has 0 atom stereocenters. The molecule has 0 aromatic heterocycles. The van der Waals surface area contributed by atoms with Gasteiger partial charge in [-0.25, -0.2) is 0 Å². The molecule has 0 unspecified atom stereocenters. The van der Waals surface area contributed by atoms with Crippen LogP contribution in [0.15, 0.2) is 84.9 Å². The van der Waals surface area contributed by atoms with E-state index in [1.54, 1.807) is 24.3 Å². The molecule has 1 aliphatic heterocycles. The van der Waals surface area contributed by atoms with Crippen LogP contribution in [0.1, 0.15) is 15.9 Å². The van der Waals surface area contributed by atoms with Crippen LogP contribution in [0.4, 0.5) is 17.1 Å². The zero-order chi connectivity index (χ0) is 23.9. The van der Waals surface area contributed by atoms with Gasteiger partial charge in [0.05, 0.1) is 4.92 Å². The van der Waals surface area contributed by atoms with Gasteiger partial charge < -0.3 is 15.1 Å². The molecule has 3 aromatic carbocycles. The summed E-state index contributed by atoms with van der Waals surface area (Å²) >= 11 is 0. The molecule has 34 heavy (non-hydrogen) atoms. The number of para-hydroxylation sites is 1. The number of nitro groups is 1. The predicted molar refractivity (Wildman–Crippen MR) is 132 cm³/mol. The van der Waals surface area contributed by atoms with Crippen LogP contribution in [0.25, 0.3) is 6.08 Å². The first kappa shape index (κ1) is 22.7. The highest BCUT2D eigenvalue weighted by Gasteiger charge is 2.21. The Labute approximate surface area is 197 Å². The summed E-state index contributed by atoms with van der Waals surface area (Å²) in [4.78, 5) is 39.6. The van der Waals surface area contributed by atoms with Crippen LogP contribution in [0.2, 0.25) is 0 Å². The second-order valence-electron chi connectivity index (χ2n) is 7.83. The number of anilines is 2. The van der Waals surface area contributed by atoms with Crippen LogP contribution in [0, 0.1) is 10.1 Å². The highest BCUT2D eigenvalue weighted by molar-refractivity contribution is 6.07. The van der Waals surface area contributed by atoms with Crippen molar-refractivity contribution in [3.63, 3.8) is 0 Å². The highest BCUT2D eigenvalue weighted by atomic mass is 16.6. The van der Waals surface area contributed by atoms with Crippen LogP contribution in [0.3, 0.4) is 0 Å². The van der Waals surface area contributed by atoms with Crippen LogP contribution in [-0.4, -0.2) is 47.8 Å². The largest absolute Gasteiger partial charge is 0.368 e. The summed E-state index contributed by atoms with van der Waals surface area (Å²) in [5.74, 6) is -0.535. The first-order chi connectivity index (χ1) is 16.5. The Morgan fingerprint density at radius 1 is 0.853 bits per heavy atom. The summed E-state index contributed by atoms with van der Waals surface area (Å²) < 4.78 is 0. The van der Waals surface area contributed by atoms with Crippen molar-refractivity contribution in [2.24, 2.45) is 0 Å². The fraction of sp³-hybridized carbons (Fsp3) is 0.154. The number of rotatable bonds is 6. The van der Waals surface area contributed by atoms with Crippen LogP contribution in [0.5, 0.6) is 0 Å². The number of amides is 2. The standard InChI is InChI=1S/C26H24N4O4/c31-25(15-10-20-6-2-1-3-7-20)29-18-16-28(17-19-29)22-13-11-21(12-14-22)27-26(32)23-8-4-5-9-24(23)30(33)34/h1-15H,16-19H2,(H,27,32)/b15-10+. The van der Waals surface area contributed by atoms with Gasteiger partial charge in [0.25, 0.3) is 11.6 Å². The number of benzene rings is 3. The molecule has 1 fully saturated rings. The van der Waals surface area contributed by atoms with Crippen molar-refractivity contribution < 1.29 is 14.5 Å². The number of nitrogens with one attached hydrogen (secondary N) is 1. The number of hydrogen-bond donors (Lipinski definition) is 1. The quantitative estimate of drug-likeness (QED) is 0.341. The van der Waals surface area contributed by atoms with Gasteiger partial charge in [0.2, 0.25) is 5.91 Å². The van der Waals surface area contributed by atoms with Gasteiger partial charge in [0.1, 0.15) is 5.56 Å². The molecule has 0 radical (unpaired) electrons. The molecule has 3 aromatic rings. The molecule has 0 bridgehead atoms. The Morgan fingerprint density at radius 2 is 1.50 bits per heavy atom. The minimum absolute atomic E-state index is 0.00318. The van der Waals surface area contributed by atoms with E-state index in [1.165, 1.54) is 18.2 Å². The Morgan fingerprint density at radius 3 is 2.18 bits per heavy atom. The maximum atomic E-state index is 12.5. The Balaban J connectivity index is 1.32. The Kier molecular flexibility index (Phi) is 6.98. The monoisotopic (exact) mass is 456 g/mol. The van der Waals surface area contributed by atoms with E-state index in [0.29, 0.717) is 31.9 Å². The minimum Gasteiger partial charge on any atom is -0.368 e. The summed E-state index contributed by atoms with van der Waals surface area (Å²) in [5, 5.41) is 13.9. The van der Waals surface area contributed by atoms with Gasteiger partial charge in [-0.1, -0.05) is 42.5 Å². The van der Waals surface area contributed by atoms with Crippen LogP contribution < -0.4 is 10.2 Å². The molecule has 1 heterocycles. The molecule has 4 rings (SSSR count). The maximum Gasteiger partial charge on any atom is 0.282 e. The second-order valence-corrected chi connectivity index (χ2v) is 7.83. The van der Waals surface area contributed by atoms with E-state index in [4.69, 9.17) is 0 Å². The number of carbonyl (C=O) groups excluding carboxylic acids is 2. The third-order valence-electron chi connectivity index (χ3n) is 5.64. The summed E-state index contributed by atoms with van der Waals surface area (Å²) in [7, 11) is 0. The van der Waals surface area contributed by atoms with Gasteiger partial charge in [-0.3, -0.25) is 19.7 Å². The van der Waals surface area contributed by atoms with E-state index in [-0.39, 0.29) is 17.2 Å². The molecule has 2 amide bonds. The minimum atomic E-state index is -0.570. The van der Waals surface area contributed by atoms with Crippen LogP contribution in [-0.2, 0) is 4.79 Å². The fourth-order valence-electron chi connectivity index (χ4n) is 3.80. The van der Waals surface area contributed by atoms with Crippen molar-refractivity contribution in [2.75, 3.05) is 36.4 Å². The molecule has 0 spiro atoms. The smallest absolute Gasteiger partial charge is 0.282 e. The van der Waals surface area contributed by atoms with Gasteiger partial charge >= 0.3 is 0 Å². The average Bonchev–Trinajstić information content (AvgIpc) is 2.88. The molecule has 1 N–H and O–H groups in total. The van der Waals surface area contributed by atoms with Gasteiger partial charge in [-0.2, -0.15) is 0 Å². The van der Waals surface area contributed by atoms with E-state index in [0.717, 1.165) is 11.3 Å². The van der Waals surface area contributed by atoms with E-state index >= 15 is 0 Å². The summed E-state index contributed by atoms with van der Waals surface area (Å²) in [6.45, 7) is 2.64. The first-order valence-corrected chi connectivity index (χ1v) is 10.9.